The van der Waals surface area contributed by atoms with Crippen LogP contribution in [0.5, 0.6) is 0 Å². The summed E-state index contributed by atoms with van der Waals surface area (Å²) in [5.74, 6) is -0.257. The lowest BCUT2D eigenvalue weighted by atomic mass is 10.0. The van der Waals surface area contributed by atoms with Crippen molar-refractivity contribution in [1.82, 2.24) is 0 Å². The van der Waals surface area contributed by atoms with Crippen LogP contribution in [0.15, 0.2) is 16.6 Å². The maximum absolute atomic E-state index is 13.5. The Morgan fingerprint density at radius 1 is 1.44 bits per heavy atom. The molecule has 0 aromatic heterocycles. The zero-order valence-corrected chi connectivity index (χ0v) is 11.1. The third-order valence-corrected chi connectivity index (χ3v) is 3.87. The van der Waals surface area contributed by atoms with E-state index in [0.717, 1.165) is 25.1 Å². The molecule has 1 heterocycles. The van der Waals surface area contributed by atoms with Gasteiger partial charge >= 0.3 is 0 Å². The fourth-order valence-corrected chi connectivity index (χ4v) is 2.70. The summed E-state index contributed by atoms with van der Waals surface area (Å²) >= 11 is 3.14. The van der Waals surface area contributed by atoms with E-state index in [1.165, 1.54) is 6.07 Å². The topological polar surface area (TPSA) is 29.3 Å². The van der Waals surface area contributed by atoms with Crippen LogP contribution in [0.25, 0.3) is 0 Å². The third kappa shape index (κ3) is 1.90. The van der Waals surface area contributed by atoms with Crippen LogP contribution in [0.2, 0.25) is 0 Å². The van der Waals surface area contributed by atoms with Gasteiger partial charge < -0.3 is 10.6 Å². The van der Waals surface area contributed by atoms with E-state index < -0.39 is 0 Å². The number of nitrogens with two attached hydrogens (primary N) is 1. The highest BCUT2D eigenvalue weighted by molar-refractivity contribution is 9.10. The van der Waals surface area contributed by atoms with Crippen molar-refractivity contribution in [3.05, 3.63) is 22.4 Å². The molecule has 2 rings (SSSR count). The molecule has 1 aromatic rings. The minimum atomic E-state index is -0.257. The van der Waals surface area contributed by atoms with E-state index in [4.69, 9.17) is 5.73 Å². The predicted molar refractivity (Wildman–Crippen MR) is 69.2 cm³/mol. The molecule has 0 amide bonds. The average molecular weight is 287 g/mol. The first-order chi connectivity index (χ1) is 7.42. The number of anilines is 2. The monoisotopic (exact) mass is 286 g/mol. The van der Waals surface area contributed by atoms with Crippen molar-refractivity contribution in [3.8, 4) is 0 Å². The van der Waals surface area contributed by atoms with Crippen molar-refractivity contribution in [3.63, 3.8) is 0 Å². The molecular formula is C12H16BrFN2. The van der Waals surface area contributed by atoms with Gasteiger partial charge in [-0.3, -0.25) is 0 Å². The standard InChI is InChI=1S/C12H16BrFN2/c1-12(2)4-3-5-16(12)11-7-9(14)8(13)6-10(11)15/h6-7H,3-5,15H2,1-2H3. The van der Waals surface area contributed by atoms with Crippen molar-refractivity contribution >= 4 is 27.3 Å². The molecule has 0 unspecified atom stereocenters. The molecule has 2 N–H and O–H groups in total. The lowest BCUT2D eigenvalue weighted by Crippen LogP contribution is -2.38. The fourth-order valence-electron chi connectivity index (χ4n) is 2.34. The molecule has 0 saturated carbocycles. The van der Waals surface area contributed by atoms with Crippen molar-refractivity contribution in [2.45, 2.75) is 32.2 Å². The van der Waals surface area contributed by atoms with Gasteiger partial charge in [0.1, 0.15) is 5.82 Å². The van der Waals surface area contributed by atoms with Gasteiger partial charge in [0.2, 0.25) is 0 Å². The maximum atomic E-state index is 13.5. The molecule has 16 heavy (non-hydrogen) atoms. The van der Waals surface area contributed by atoms with Gasteiger partial charge in [-0.1, -0.05) is 0 Å². The Morgan fingerprint density at radius 3 is 2.69 bits per heavy atom. The fraction of sp³-hybridized carbons (Fsp3) is 0.500. The second-order valence-corrected chi connectivity index (χ2v) is 5.75. The van der Waals surface area contributed by atoms with Crippen molar-refractivity contribution in [2.24, 2.45) is 0 Å². The quantitative estimate of drug-likeness (QED) is 0.800. The second kappa shape index (κ2) is 3.91. The molecule has 1 fully saturated rings. The van der Waals surface area contributed by atoms with Crippen molar-refractivity contribution in [2.75, 3.05) is 17.2 Å². The van der Waals surface area contributed by atoms with Crippen molar-refractivity contribution in [1.29, 1.82) is 0 Å². The predicted octanol–water partition coefficient (Wildman–Crippen LogP) is 3.55. The van der Waals surface area contributed by atoms with Gasteiger partial charge in [0.15, 0.2) is 0 Å². The van der Waals surface area contributed by atoms with Crippen LogP contribution in [0.1, 0.15) is 26.7 Å². The highest BCUT2D eigenvalue weighted by Gasteiger charge is 2.33. The van der Waals surface area contributed by atoms with Gasteiger partial charge in [-0.2, -0.15) is 0 Å². The van der Waals surface area contributed by atoms with E-state index in [1.54, 1.807) is 6.07 Å². The summed E-state index contributed by atoms with van der Waals surface area (Å²) in [6.07, 6.45) is 2.24. The molecule has 0 bridgehead atoms. The molecule has 0 aliphatic carbocycles. The lowest BCUT2D eigenvalue weighted by molar-refractivity contribution is 0.517. The second-order valence-electron chi connectivity index (χ2n) is 4.89. The van der Waals surface area contributed by atoms with Crippen LogP contribution in [0.3, 0.4) is 0 Å². The molecule has 1 aromatic carbocycles. The molecule has 88 valence electrons. The van der Waals surface area contributed by atoms with E-state index in [9.17, 15) is 4.39 Å². The first-order valence-corrected chi connectivity index (χ1v) is 6.23. The molecule has 1 aliphatic rings. The summed E-state index contributed by atoms with van der Waals surface area (Å²) in [4.78, 5) is 2.19. The molecule has 0 radical (unpaired) electrons. The molecule has 0 atom stereocenters. The van der Waals surface area contributed by atoms with Crippen LogP contribution in [0, 0.1) is 5.82 Å². The van der Waals surface area contributed by atoms with Gasteiger partial charge in [-0.25, -0.2) is 4.39 Å². The average Bonchev–Trinajstić information content (AvgIpc) is 2.52. The Morgan fingerprint density at radius 2 is 2.12 bits per heavy atom. The van der Waals surface area contributed by atoms with E-state index in [0.29, 0.717) is 10.2 Å². The van der Waals surface area contributed by atoms with Crippen LogP contribution < -0.4 is 10.6 Å². The maximum Gasteiger partial charge on any atom is 0.139 e. The SMILES string of the molecule is CC1(C)CCCN1c1cc(F)c(Br)cc1N. The summed E-state index contributed by atoms with van der Waals surface area (Å²) in [5, 5.41) is 0. The third-order valence-electron chi connectivity index (χ3n) is 3.26. The zero-order valence-electron chi connectivity index (χ0n) is 9.56. The Hall–Kier alpha value is -0.770. The molecule has 1 saturated heterocycles. The summed E-state index contributed by atoms with van der Waals surface area (Å²) in [6, 6.07) is 3.16. The summed E-state index contributed by atoms with van der Waals surface area (Å²) in [6.45, 7) is 5.27. The van der Waals surface area contributed by atoms with E-state index in [1.807, 2.05) is 0 Å². The number of nitrogens with zero attached hydrogens (tertiary/aromatic N) is 1. The molecule has 4 heteroatoms. The molecule has 1 aliphatic heterocycles. The van der Waals surface area contributed by atoms with Crippen LogP contribution >= 0.6 is 15.9 Å². The van der Waals surface area contributed by atoms with Gasteiger partial charge in [-0.05, 0) is 48.7 Å². The summed E-state index contributed by atoms with van der Waals surface area (Å²) in [7, 11) is 0. The first kappa shape index (κ1) is 11.7. The van der Waals surface area contributed by atoms with Gasteiger partial charge in [0.05, 0.1) is 15.8 Å². The smallest absolute Gasteiger partial charge is 0.139 e. The van der Waals surface area contributed by atoms with Gasteiger partial charge in [0, 0.05) is 18.2 Å². The summed E-state index contributed by atoms with van der Waals surface area (Å²) in [5.41, 5.74) is 7.45. The minimum absolute atomic E-state index is 0.0639. The summed E-state index contributed by atoms with van der Waals surface area (Å²) < 4.78 is 14.0. The van der Waals surface area contributed by atoms with Crippen LogP contribution in [-0.4, -0.2) is 12.1 Å². The zero-order chi connectivity index (χ0) is 11.9. The highest BCUT2D eigenvalue weighted by atomic mass is 79.9. The number of hydrogen-bond donors (Lipinski definition) is 1. The molecular weight excluding hydrogens is 271 g/mol. The highest BCUT2D eigenvalue weighted by Crippen LogP contribution is 2.38. The van der Waals surface area contributed by atoms with E-state index >= 15 is 0 Å². The Kier molecular flexibility index (Phi) is 2.86. The number of benzene rings is 1. The number of halogens is 2. The number of nitrogen functional groups attached to an aromatic ring is 1. The Bertz CT molecular complexity index is 418. The van der Waals surface area contributed by atoms with Crippen LogP contribution in [0.4, 0.5) is 15.8 Å². The Balaban J connectivity index is 2.44. The molecule has 2 nitrogen and oxygen atoms in total. The van der Waals surface area contributed by atoms with Gasteiger partial charge in [-0.15, -0.1) is 0 Å². The first-order valence-electron chi connectivity index (χ1n) is 5.44. The number of rotatable bonds is 1. The van der Waals surface area contributed by atoms with Gasteiger partial charge in [0.25, 0.3) is 0 Å². The van der Waals surface area contributed by atoms with Crippen LogP contribution in [-0.2, 0) is 0 Å². The van der Waals surface area contributed by atoms with Crippen molar-refractivity contribution < 1.29 is 4.39 Å². The largest absolute Gasteiger partial charge is 0.397 e. The minimum Gasteiger partial charge on any atom is -0.397 e. The normalized spacial score (nSPS) is 19.1. The number of hydrogen-bond acceptors (Lipinski definition) is 2. The van der Waals surface area contributed by atoms with E-state index in [2.05, 4.69) is 34.7 Å². The molecule has 0 spiro atoms. The lowest BCUT2D eigenvalue weighted by Gasteiger charge is -2.34. The Labute approximate surface area is 104 Å². The van der Waals surface area contributed by atoms with E-state index in [-0.39, 0.29) is 11.4 Å².